The first kappa shape index (κ1) is 21.8. The quantitative estimate of drug-likeness (QED) is 0.664. The molecule has 0 aromatic heterocycles. The van der Waals surface area contributed by atoms with Gasteiger partial charge in [0.25, 0.3) is 0 Å². The summed E-state index contributed by atoms with van der Waals surface area (Å²) in [5, 5.41) is 8.45. The Morgan fingerprint density at radius 1 is 1.36 bits per heavy atom. The maximum absolute atomic E-state index is 13.3. The topological polar surface area (TPSA) is 101 Å². The van der Waals surface area contributed by atoms with Gasteiger partial charge in [0, 0.05) is 12.3 Å². The van der Waals surface area contributed by atoms with Crippen LogP contribution >= 0.6 is 11.8 Å². The largest absolute Gasteiger partial charge is 0.480 e. The van der Waals surface area contributed by atoms with E-state index in [-0.39, 0.29) is 13.0 Å². The molecule has 0 saturated carbocycles. The number of carboxylic acids is 1. The first-order valence-electron chi connectivity index (χ1n) is 8.11. The molecule has 0 aromatic carbocycles. The minimum absolute atomic E-state index is 0.0307. The molecule has 3 atom stereocenters. The second-order valence-corrected chi connectivity index (χ2v) is 7.03. The van der Waals surface area contributed by atoms with Crippen molar-refractivity contribution in [2.24, 2.45) is 11.7 Å². The molecule has 25 heavy (non-hydrogen) atoms. The zero-order chi connectivity index (χ0) is 19.2. The Labute approximate surface area is 148 Å². The number of halogens is 3. The molecule has 1 saturated heterocycles. The van der Waals surface area contributed by atoms with Gasteiger partial charge in [-0.2, -0.15) is 13.2 Å². The molecule has 0 radical (unpaired) electrons. The third-order valence-corrected chi connectivity index (χ3v) is 5.17. The molecule has 1 amide bonds. The monoisotopic (exact) mass is 384 g/mol. The van der Waals surface area contributed by atoms with E-state index in [1.807, 2.05) is 6.92 Å². The van der Waals surface area contributed by atoms with Gasteiger partial charge in [-0.15, -0.1) is 0 Å². The maximum Gasteiger partial charge on any atom is 0.401 e. The normalized spacial score (nSPS) is 20.4. The third-order valence-electron chi connectivity index (χ3n) is 4.08. The number of nitrogens with zero attached hydrogens (tertiary/aromatic N) is 1. The number of alkyl halides is 3. The van der Waals surface area contributed by atoms with Crippen molar-refractivity contribution in [3.05, 3.63) is 0 Å². The van der Waals surface area contributed by atoms with Crippen molar-refractivity contribution in [2.45, 2.75) is 57.3 Å². The average Bonchev–Trinajstić information content (AvgIpc) is 3.00. The number of hydrogen-bond donors (Lipinski definition) is 2. The fraction of sp³-hybridized carbons (Fsp3) is 0.800. The molecule has 1 heterocycles. The lowest BCUT2D eigenvalue weighted by molar-refractivity contribution is -0.186. The number of carboxylic acid groups (broad SMARTS) is 1. The molecule has 0 aromatic rings. The fourth-order valence-corrected chi connectivity index (χ4v) is 3.60. The van der Waals surface area contributed by atoms with Gasteiger partial charge in [0.1, 0.15) is 12.0 Å². The van der Waals surface area contributed by atoms with Gasteiger partial charge in [-0.05, 0) is 19.3 Å². The van der Waals surface area contributed by atoms with Gasteiger partial charge in [-0.1, -0.05) is 31.5 Å². The van der Waals surface area contributed by atoms with Gasteiger partial charge >= 0.3 is 12.1 Å². The summed E-state index contributed by atoms with van der Waals surface area (Å²) in [4.78, 5) is 35.9. The van der Waals surface area contributed by atoms with E-state index in [0.717, 1.165) is 11.3 Å². The van der Waals surface area contributed by atoms with Gasteiger partial charge in [0.05, 0.1) is 6.04 Å². The Hall–Kier alpha value is -1.29. The Morgan fingerprint density at radius 2 is 2.00 bits per heavy atom. The number of likely N-dealkylation sites (tertiary alicyclic amines) is 1. The molecule has 0 bridgehead atoms. The number of aliphatic carboxylic acids is 1. The lowest BCUT2D eigenvalue weighted by Gasteiger charge is -2.27. The number of amides is 1. The van der Waals surface area contributed by atoms with E-state index in [9.17, 15) is 27.6 Å². The Morgan fingerprint density at radius 3 is 2.52 bits per heavy atom. The highest BCUT2D eigenvalue weighted by Gasteiger charge is 2.49. The molecule has 1 unspecified atom stereocenters. The molecule has 0 spiro atoms. The Kier molecular flexibility index (Phi) is 8.20. The standard InChI is InChI=1S/C15H23F3N2O4S/c1-2-3-5-10(19)14(24)25-8-9(15(16,17)18)12(21)20-7-4-6-11(20)13(22)23/h9-11H,2-8,19H2,1H3,(H,22,23)/t9?,10-,11-/m0/s1. The first-order chi connectivity index (χ1) is 11.6. The lowest BCUT2D eigenvalue weighted by atomic mass is 10.1. The molecule has 3 N–H and O–H groups in total. The van der Waals surface area contributed by atoms with E-state index in [1.165, 1.54) is 0 Å². The Bertz CT molecular complexity index is 502. The van der Waals surface area contributed by atoms with Crippen LogP contribution < -0.4 is 5.73 Å². The van der Waals surface area contributed by atoms with Crippen molar-refractivity contribution in [3.8, 4) is 0 Å². The van der Waals surface area contributed by atoms with Crippen molar-refractivity contribution in [3.63, 3.8) is 0 Å². The first-order valence-corrected chi connectivity index (χ1v) is 9.10. The summed E-state index contributed by atoms with van der Waals surface area (Å²) in [6.07, 6.45) is -2.53. The van der Waals surface area contributed by atoms with E-state index in [4.69, 9.17) is 10.8 Å². The van der Waals surface area contributed by atoms with Crippen LogP contribution in [0.5, 0.6) is 0 Å². The number of thioether (sulfide) groups is 1. The number of unbranched alkanes of at least 4 members (excludes halogenated alkanes) is 1. The smallest absolute Gasteiger partial charge is 0.401 e. The minimum atomic E-state index is -4.86. The summed E-state index contributed by atoms with van der Waals surface area (Å²) in [6, 6.07) is -2.11. The van der Waals surface area contributed by atoms with E-state index < -0.39 is 46.9 Å². The second kappa shape index (κ2) is 9.42. The average molecular weight is 384 g/mol. The van der Waals surface area contributed by atoms with Crippen LogP contribution in [-0.4, -0.2) is 57.6 Å². The van der Waals surface area contributed by atoms with Crippen molar-refractivity contribution in [1.29, 1.82) is 0 Å². The summed E-state index contributed by atoms with van der Waals surface area (Å²) in [6.45, 7) is 1.87. The second-order valence-electron chi connectivity index (χ2n) is 6.00. The number of hydrogen-bond acceptors (Lipinski definition) is 5. The molecular formula is C15H23F3N2O4S. The summed E-state index contributed by atoms with van der Waals surface area (Å²) in [5.41, 5.74) is 5.63. The van der Waals surface area contributed by atoms with Gasteiger partial charge < -0.3 is 15.7 Å². The lowest BCUT2D eigenvalue weighted by Crippen LogP contribution is -2.48. The van der Waals surface area contributed by atoms with Crippen LogP contribution in [0.25, 0.3) is 0 Å². The highest BCUT2D eigenvalue weighted by molar-refractivity contribution is 8.13. The van der Waals surface area contributed by atoms with Crippen LogP contribution in [0, 0.1) is 5.92 Å². The van der Waals surface area contributed by atoms with Crippen molar-refractivity contribution in [2.75, 3.05) is 12.3 Å². The number of carbonyl (C=O) groups excluding carboxylic acids is 2. The summed E-state index contributed by atoms with van der Waals surface area (Å²) in [5.74, 6) is -5.82. The predicted molar refractivity (Wildman–Crippen MR) is 86.9 cm³/mol. The van der Waals surface area contributed by atoms with E-state index in [0.29, 0.717) is 31.0 Å². The SMILES string of the molecule is CCCC[C@H](N)C(=O)SCC(C(=O)N1CCC[C@H]1C(=O)O)C(F)(F)F. The van der Waals surface area contributed by atoms with Crippen LogP contribution in [-0.2, 0) is 14.4 Å². The maximum atomic E-state index is 13.3. The van der Waals surface area contributed by atoms with Crippen LogP contribution in [0.1, 0.15) is 39.0 Å². The highest BCUT2D eigenvalue weighted by atomic mass is 32.2. The Balaban J connectivity index is 2.76. The summed E-state index contributed by atoms with van der Waals surface area (Å²) in [7, 11) is 0. The van der Waals surface area contributed by atoms with E-state index in [1.54, 1.807) is 0 Å². The van der Waals surface area contributed by atoms with Crippen molar-refractivity contribution in [1.82, 2.24) is 4.90 Å². The molecule has 1 fully saturated rings. The number of rotatable bonds is 8. The zero-order valence-electron chi connectivity index (χ0n) is 13.9. The van der Waals surface area contributed by atoms with Crippen molar-refractivity contribution < 1.29 is 32.7 Å². The van der Waals surface area contributed by atoms with Crippen LogP contribution in [0.3, 0.4) is 0 Å². The summed E-state index contributed by atoms with van der Waals surface area (Å²) < 4.78 is 39.8. The number of carbonyl (C=O) groups is 3. The van der Waals surface area contributed by atoms with Crippen LogP contribution in [0.15, 0.2) is 0 Å². The molecule has 10 heteroatoms. The third kappa shape index (κ3) is 6.18. The van der Waals surface area contributed by atoms with Crippen LogP contribution in [0.2, 0.25) is 0 Å². The summed E-state index contributed by atoms with van der Waals surface area (Å²) >= 11 is 0.388. The molecule has 1 aliphatic rings. The van der Waals surface area contributed by atoms with E-state index in [2.05, 4.69) is 0 Å². The van der Waals surface area contributed by atoms with Gasteiger partial charge in [-0.3, -0.25) is 9.59 Å². The highest BCUT2D eigenvalue weighted by Crippen LogP contribution is 2.33. The predicted octanol–water partition coefficient (Wildman–Crippen LogP) is 2.02. The fourth-order valence-electron chi connectivity index (χ4n) is 2.61. The molecule has 144 valence electrons. The number of nitrogens with two attached hydrogens (primary N) is 1. The molecular weight excluding hydrogens is 361 g/mol. The zero-order valence-corrected chi connectivity index (χ0v) is 14.7. The van der Waals surface area contributed by atoms with Gasteiger partial charge in [0.2, 0.25) is 11.0 Å². The molecule has 6 nitrogen and oxygen atoms in total. The molecule has 0 aliphatic carbocycles. The van der Waals surface area contributed by atoms with Crippen molar-refractivity contribution >= 4 is 28.8 Å². The molecule has 1 rings (SSSR count). The molecule has 1 aliphatic heterocycles. The van der Waals surface area contributed by atoms with Gasteiger partial charge in [-0.25, -0.2) is 4.79 Å². The van der Waals surface area contributed by atoms with E-state index >= 15 is 0 Å². The minimum Gasteiger partial charge on any atom is -0.480 e. The van der Waals surface area contributed by atoms with Crippen LogP contribution in [0.4, 0.5) is 13.2 Å². The van der Waals surface area contributed by atoms with Gasteiger partial charge in [0.15, 0.2) is 0 Å².